The number of aromatic nitrogens is 4. The zero-order chi connectivity index (χ0) is 23.7. The molecule has 1 atom stereocenters. The molecule has 1 aliphatic heterocycles. The summed E-state index contributed by atoms with van der Waals surface area (Å²) >= 11 is 0. The molecule has 1 aliphatic rings. The average Bonchev–Trinajstić information content (AvgIpc) is 3.45. The molecule has 0 bridgehead atoms. The van der Waals surface area contributed by atoms with Crippen LogP contribution in [0.4, 0.5) is 10.3 Å². The quantitative estimate of drug-likeness (QED) is 0.443. The second-order valence-corrected chi connectivity index (χ2v) is 7.91. The molecule has 4 aromatic rings. The molecule has 2 aromatic heterocycles. The Kier molecular flexibility index (Phi) is 5.67. The number of methoxy groups -OCH3 is 1. The summed E-state index contributed by atoms with van der Waals surface area (Å²) in [6.45, 7) is 1.26. The first-order valence-corrected chi connectivity index (χ1v) is 10.9. The summed E-state index contributed by atoms with van der Waals surface area (Å²) in [4.78, 5) is 34.6. The molecule has 5 rings (SSSR count). The molecule has 0 aliphatic carbocycles. The van der Waals surface area contributed by atoms with E-state index in [1.165, 1.54) is 19.2 Å². The van der Waals surface area contributed by atoms with E-state index in [-0.39, 0.29) is 17.3 Å². The second-order valence-electron chi connectivity index (χ2n) is 7.91. The van der Waals surface area contributed by atoms with Crippen LogP contribution in [-0.4, -0.2) is 32.4 Å². The fraction of sp³-hybridized carbons (Fsp3) is 0.200. The van der Waals surface area contributed by atoms with Gasteiger partial charge in [-0.3, -0.25) is 9.48 Å². The van der Waals surface area contributed by atoms with Crippen molar-refractivity contribution >= 4 is 11.9 Å². The topological polar surface area (TPSA) is 91.0 Å². The molecule has 172 valence electrons. The first-order chi connectivity index (χ1) is 16.6. The highest BCUT2D eigenvalue weighted by Gasteiger charge is 2.27. The first-order valence-electron chi connectivity index (χ1n) is 10.9. The molecule has 1 N–H and O–H groups in total. The van der Waals surface area contributed by atoms with Crippen molar-refractivity contribution in [2.45, 2.75) is 25.6 Å². The van der Waals surface area contributed by atoms with Gasteiger partial charge in [-0.05, 0) is 35.7 Å². The minimum atomic E-state index is -0.805. The Morgan fingerprint density at radius 1 is 1.06 bits per heavy atom. The number of rotatable bonds is 6. The standard InChI is InChI=1S/C25H22FN5O3/c1-34-24(33)21(17-6-3-2-4-7-17)29-25-27-13-12-19(28-25)22-20(16-8-10-18(26)11-9-16)23(32)31-15-5-14-30(22)31/h2-4,6-13,21H,5,14-15H2,1H3,(H,27,28,29)/t21-/m1/s1. The lowest BCUT2D eigenvalue weighted by Crippen LogP contribution is -2.23. The Morgan fingerprint density at radius 3 is 2.53 bits per heavy atom. The van der Waals surface area contributed by atoms with Gasteiger partial charge < -0.3 is 10.1 Å². The van der Waals surface area contributed by atoms with Crippen LogP contribution in [-0.2, 0) is 22.6 Å². The van der Waals surface area contributed by atoms with Gasteiger partial charge in [-0.1, -0.05) is 42.5 Å². The normalized spacial score (nSPS) is 13.4. The van der Waals surface area contributed by atoms with Gasteiger partial charge in [-0.2, -0.15) is 0 Å². The predicted octanol–water partition coefficient (Wildman–Crippen LogP) is 3.64. The molecule has 9 heteroatoms. The van der Waals surface area contributed by atoms with Gasteiger partial charge in [0.1, 0.15) is 5.82 Å². The number of esters is 1. The number of hydrogen-bond donors (Lipinski definition) is 1. The summed E-state index contributed by atoms with van der Waals surface area (Å²) in [5.74, 6) is -0.638. The van der Waals surface area contributed by atoms with Crippen molar-refractivity contribution in [2.75, 3.05) is 12.4 Å². The van der Waals surface area contributed by atoms with Gasteiger partial charge in [0.15, 0.2) is 6.04 Å². The summed E-state index contributed by atoms with van der Waals surface area (Å²) in [5.41, 5.74) is 2.78. The van der Waals surface area contributed by atoms with E-state index in [1.54, 1.807) is 29.1 Å². The predicted molar refractivity (Wildman–Crippen MR) is 125 cm³/mol. The Hall–Kier alpha value is -4.27. The second kappa shape index (κ2) is 8.93. The van der Waals surface area contributed by atoms with E-state index in [2.05, 4.69) is 15.3 Å². The molecule has 0 fully saturated rings. The van der Waals surface area contributed by atoms with Crippen molar-refractivity contribution in [1.29, 1.82) is 0 Å². The zero-order valence-electron chi connectivity index (χ0n) is 18.4. The van der Waals surface area contributed by atoms with E-state index in [4.69, 9.17) is 4.74 Å². The van der Waals surface area contributed by atoms with Crippen molar-refractivity contribution in [3.63, 3.8) is 0 Å². The molecule has 2 aromatic carbocycles. The Balaban J connectivity index is 1.59. The van der Waals surface area contributed by atoms with Crippen molar-refractivity contribution in [3.05, 3.63) is 88.6 Å². The maximum absolute atomic E-state index is 13.5. The first kappa shape index (κ1) is 21.6. The Labute approximate surface area is 194 Å². The highest BCUT2D eigenvalue weighted by atomic mass is 19.1. The van der Waals surface area contributed by atoms with Crippen LogP contribution >= 0.6 is 0 Å². The summed E-state index contributed by atoms with van der Waals surface area (Å²) in [6.07, 6.45) is 2.41. The number of ether oxygens (including phenoxy) is 1. The van der Waals surface area contributed by atoms with Gasteiger partial charge in [0.25, 0.3) is 5.56 Å². The van der Waals surface area contributed by atoms with E-state index in [1.807, 2.05) is 35.0 Å². The van der Waals surface area contributed by atoms with Gasteiger partial charge in [0.2, 0.25) is 5.95 Å². The Bertz CT molecular complexity index is 1400. The molecule has 0 saturated heterocycles. The van der Waals surface area contributed by atoms with E-state index < -0.39 is 12.0 Å². The fourth-order valence-corrected chi connectivity index (χ4v) is 4.28. The smallest absolute Gasteiger partial charge is 0.333 e. The molecule has 3 heterocycles. The van der Waals surface area contributed by atoms with Crippen LogP contribution in [0.3, 0.4) is 0 Å². The van der Waals surface area contributed by atoms with Crippen LogP contribution in [0, 0.1) is 5.82 Å². The van der Waals surface area contributed by atoms with E-state index in [0.717, 1.165) is 6.42 Å². The summed E-state index contributed by atoms with van der Waals surface area (Å²) in [7, 11) is 1.32. The lowest BCUT2D eigenvalue weighted by Gasteiger charge is -2.17. The van der Waals surface area contributed by atoms with E-state index in [9.17, 15) is 14.0 Å². The molecular formula is C25H22FN5O3. The fourth-order valence-electron chi connectivity index (χ4n) is 4.28. The maximum atomic E-state index is 13.5. The largest absolute Gasteiger partial charge is 0.467 e. The number of carbonyl (C=O) groups excluding carboxylic acids is 1. The van der Waals surface area contributed by atoms with Crippen molar-refractivity contribution in [3.8, 4) is 22.5 Å². The number of anilines is 1. The highest BCUT2D eigenvalue weighted by molar-refractivity contribution is 5.81. The molecule has 0 amide bonds. The third-order valence-electron chi connectivity index (χ3n) is 5.85. The van der Waals surface area contributed by atoms with Crippen LogP contribution in [0.2, 0.25) is 0 Å². The minimum absolute atomic E-state index is 0.149. The van der Waals surface area contributed by atoms with Crippen LogP contribution in [0.15, 0.2) is 71.7 Å². The number of nitrogens with zero attached hydrogens (tertiary/aromatic N) is 4. The molecule has 0 radical (unpaired) electrons. The monoisotopic (exact) mass is 459 g/mol. The molecule has 0 spiro atoms. The number of benzene rings is 2. The average molecular weight is 459 g/mol. The van der Waals surface area contributed by atoms with E-state index >= 15 is 0 Å². The molecule has 0 unspecified atom stereocenters. The summed E-state index contributed by atoms with van der Waals surface area (Å²) < 4.78 is 22.1. The number of carbonyl (C=O) groups is 1. The number of fused-ring (bicyclic) bond motifs is 1. The third-order valence-corrected chi connectivity index (χ3v) is 5.85. The summed E-state index contributed by atoms with van der Waals surface area (Å²) in [5, 5.41) is 3.06. The van der Waals surface area contributed by atoms with Crippen molar-refractivity contribution < 1.29 is 13.9 Å². The van der Waals surface area contributed by atoms with Crippen molar-refractivity contribution in [1.82, 2.24) is 19.3 Å². The molecule has 8 nitrogen and oxygen atoms in total. The minimum Gasteiger partial charge on any atom is -0.467 e. The molecular weight excluding hydrogens is 437 g/mol. The SMILES string of the molecule is COC(=O)[C@H](Nc1nccc(-c2c(-c3ccc(F)cc3)c(=O)n3n2CCC3)n1)c1ccccc1. The highest BCUT2D eigenvalue weighted by Crippen LogP contribution is 2.32. The van der Waals surface area contributed by atoms with Gasteiger partial charge >= 0.3 is 5.97 Å². The van der Waals surface area contributed by atoms with Crippen LogP contribution in [0.5, 0.6) is 0 Å². The number of halogens is 1. The number of nitrogens with one attached hydrogen (secondary N) is 1. The molecule has 0 saturated carbocycles. The number of hydrogen-bond acceptors (Lipinski definition) is 6. The lowest BCUT2D eigenvalue weighted by atomic mass is 10.0. The van der Waals surface area contributed by atoms with Gasteiger partial charge in [-0.15, -0.1) is 0 Å². The third kappa shape index (κ3) is 3.85. The lowest BCUT2D eigenvalue weighted by molar-refractivity contribution is -0.141. The van der Waals surface area contributed by atoms with Gasteiger partial charge in [0, 0.05) is 19.3 Å². The summed E-state index contributed by atoms with van der Waals surface area (Å²) in [6, 6.07) is 15.9. The van der Waals surface area contributed by atoms with Gasteiger partial charge in [0.05, 0.1) is 24.1 Å². The van der Waals surface area contributed by atoms with E-state index in [0.29, 0.717) is 41.2 Å². The maximum Gasteiger partial charge on any atom is 0.333 e. The Morgan fingerprint density at radius 2 is 1.79 bits per heavy atom. The van der Waals surface area contributed by atoms with Crippen LogP contribution < -0.4 is 10.9 Å². The van der Waals surface area contributed by atoms with Crippen molar-refractivity contribution in [2.24, 2.45) is 0 Å². The molecule has 34 heavy (non-hydrogen) atoms. The van der Waals surface area contributed by atoms with Gasteiger partial charge in [-0.25, -0.2) is 23.8 Å². The van der Waals surface area contributed by atoms with Crippen LogP contribution in [0.1, 0.15) is 18.0 Å². The zero-order valence-corrected chi connectivity index (χ0v) is 18.4. The van der Waals surface area contributed by atoms with Crippen LogP contribution in [0.25, 0.3) is 22.5 Å².